The summed E-state index contributed by atoms with van der Waals surface area (Å²) in [5.41, 5.74) is 0. The van der Waals surface area contributed by atoms with Gasteiger partial charge < -0.3 is 121 Å². The highest BCUT2D eigenvalue weighted by Crippen LogP contribution is 2.35. The number of hydrogen-bond donors (Lipinski definition) is 18. The van der Waals surface area contributed by atoms with Gasteiger partial charge in [0.25, 0.3) is 5.79 Å². The molecule has 3 saturated heterocycles. The molecule has 27 heteroatoms. The number of carboxylic acids is 1. The first-order chi connectivity index (χ1) is 27.2. The number of hydrogen-bond acceptors (Lipinski definition) is 24. The first-order valence-electron chi connectivity index (χ1n) is 17.8. The second-order valence-corrected chi connectivity index (χ2v) is 13.9. The van der Waals surface area contributed by atoms with Gasteiger partial charge in [-0.2, -0.15) is 0 Å². The molecule has 3 rings (SSSR count). The Kier molecular flexibility index (Phi) is 18.8. The fraction of sp³-hybridized carbons (Fsp3) is 0.903. The van der Waals surface area contributed by atoms with Crippen LogP contribution in [0.25, 0.3) is 0 Å². The van der Waals surface area contributed by atoms with Crippen molar-refractivity contribution in [3.8, 4) is 0 Å². The SMILES string of the molecule is CC(=O)N[C@@H](CO)[C@@H](O[C@@H]1O[C@H](CO)[C@H](O[C@@H]2O[C@H](CO)[C@H](O)[C@H](O)[C@H]2O)[C@H](O)[C@H]1O)[C@@H](O)[C@H](O)CO[C@]1(C(=O)O)C[C@H](O)[C@@H](NC(=O)CO)[C@H]([C@H](O)[C@H](O)CO)O1. The van der Waals surface area contributed by atoms with Gasteiger partial charge in [-0.25, -0.2) is 4.79 Å². The zero-order chi connectivity index (χ0) is 43.8. The third-order valence-corrected chi connectivity index (χ3v) is 9.74. The van der Waals surface area contributed by atoms with Crippen LogP contribution in [0.4, 0.5) is 0 Å². The van der Waals surface area contributed by atoms with Gasteiger partial charge in [0.2, 0.25) is 11.8 Å². The van der Waals surface area contributed by atoms with Crippen molar-refractivity contribution in [1.29, 1.82) is 0 Å². The lowest BCUT2D eigenvalue weighted by Gasteiger charge is -2.47. The Hall–Kier alpha value is -2.43. The summed E-state index contributed by atoms with van der Waals surface area (Å²) < 4.78 is 32.6. The van der Waals surface area contributed by atoms with E-state index in [4.69, 9.17) is 33.5 Å². The molecule has 0 spiro atoms. The van der Waals surface area contributed by atoms with Crippen molar-refractivity contribution < 1.29 is 125 Å². The molecular formula is C31H54N2O25. The van der Waals surface area contributed by atoms with E-state index in [-0.39, 0.29) is 0 Å². The lowest BCUT2D eigenvalue weighted by Crippen LogP contribution is -2.68. The van der Waals surface area contributed by atoms with E-state index < -0.39 is 186 Å². The van der Waals surface area contributed by atoms with Crippen LogP contribution >= 0.6 is 0 Å². The number of carbonyl (C=O) groups excluding carboxylic acids is 2. The van der Waals surface area contributed by atoms with E-state index in [9.17, 15) is 91.0 Å². The van der Waals surface area contributed by atoms with Crippen molar-refractivity contribution in [2.75, 3.05) is 39.6 Å². The molecule has 3 fully saturated rings. The van der Waals surface area contributed by atoms with Gasteiger partial charge >= 0.3 is 5.97 Å². The summed E-state index contributed by atoms with van der Waals surface area (Å²) in [7, 11) is 0. The molecule has 0 unspecified atom stereocenters. The molecule has 0 saturated carbocycles. The fourth-order valence-corrected chi connectivity index (χ4v) is 6.54. The van der Waals surface area contributed by atoms with Crippen LogP contribution in [0.2, 0.25) is 0 Å². The van der Waals surface area contributed by atoms with E-state index in [1.54, 1.807) is 0 Å². The second kappa shape index (κ2) is 21.9. The van der Waals surface area contributed by atoms with Crippen LogP contribution < -0.4 is 10.6 Å². The molecule has 338 valence electrons. The first kappa shape index (κ1) is 49.9. The molecule has 0 aromatic carbocycles. The number of aliphatic hydroxyl groups is 15. The summed E-state index contributed by atoms with van der Waals surface area (Å²) in [6.07, 6.45) is -35.1. The average molecular weight is 855 g/mol. The Morgan fingerprint density at radius 1 is 0.793 bits per heavy atom. The number of nitrogens with one attached hydrogen (secondary N) is 2. The molecule has 3 heterocycles. The van der Waals surface area contributed by atoms with E-state index in [1.807, 2.05) is 0 Å². The molecule has 2 amide bonds. The summed E-state index contributed by atoms with van der Waals surface area (Å²) in [6.45, 7) is -5.49. The van der Waals surface area contributed by atoms with Crippen molar-refractivity contribution in [3.63, 3.8) is 0 Å². The smallest absolute Gasteiger partial charge is 0.364 e. The van der Waals surface area contributed by atoms with Crippen LogP contribution in [0, 0.1) is 0 Å². The maximum absolute atomic E-state index is 12.5. The van der Waals surface area contributed by atoms with E-state index in [2.05, 4.69) is 10.6 Å². The molecule has 3 aliphatic heterocycles. The predicted molar refractivity (Wildman–Crippen MR) is 178 cm³/mol. The molecule has 18 N–H and O–H groups in total. The van der Waals surface area contributed by atoms with Crippen LogP contribution in [0.3, 0.4) is 0 Å². The molecule has 0 aromatic rings. The van der Waals surface area contributed by atoms with E-state index >= 15 is 0 Å². The predicted octanol–water partition coefficient (Wildman–Crippen LogP) is -11.6. The zero-order valence-corrected chi connectivity index (χ0v) is 30.7. The Morgan fingerprint density at radius 2 is 1.40 bits per heavy atom. The quantitative estimate of drug-likeness (QED) is 0.0540. The van der Waals surface area contributed by atoms with Crippen molar-refractivity contribution in [3.05, 3.63) is 0 Å². The fourth-order valence-electron chi connectivity index (χ4n) is 6.54. The number of rotatable bonds is 20. The van der Waals surface area contributed by atoms with Crippen molar-refractivity contribution in [2.45, 2.75) is 135 Å². The summed E-state index contributed by atoms with van der Waals surface area (Å²) >= 11 is 0. The number of ether oxygens (including phenoxy) is 6. The monoisotopic (exact) mass is 854 g/mol. The van der Waals surface area contributed by atoms with Crippen LogP contribution in [0.5, 0.6) is 0 Å². The molecule has 0 bridgehead atoms. The topological polar surface area (TPSA) is 454 Å². The van der Waals surface area contributed by atoms with Crippen LogP contribution in [-0.2, 0) is 42.8 Å². The minimum atomic E-state index is -3.04. The Labute approximate surface area is 328 Å². The van der Waals surface area contributed by atoms with Gasteiger partial charge in [0.15, 0.2) is 12.6 Å². The highest BCUT2D eigenvalue weighted by Gasteiger charge is 2.57. The number of carbonyl (C=O) groups is 3. The summed E-state index contributed by atoms with van der Waals surface area (Å²) in [5, 5.41) is 169. The van der Waals surface area contributed by atoms with E-state index in [1.165, 1.54) is 0 Å². The molecular weight excluding hydrogens is 800 g/mol. The number of amides is 2. The number of aliphatic carboxylic acids is 1. The maximum Gasteiger partial charge on any atom is 0.364 e. The van der Waals surface area contributed by atoms with Crippen molar-refractivity contribution in [1.82, 2.24) is 10.6 Å². The molecule has 27 nitrogen and oxygen atoms in total. The Morgan fingerprint density at radius 3 is 1.93 bits per heavy atom. The maximum atomic E-state index is 12.5. The van der Waals surface area contributed by atoms with Crippen LogP contribution in [-0.4, -0.2) is 261 Å². The highest BCUT2D eigenvalue weighted by molar-refractivity contribution is 5.78. The van der Waals surface area contributed by atoms with Gasteiger partial charge in [-0.3, -0.25) is 9.59 Å². The highest BCUT2D eigenvalue weighted by atomic mass is 16.8. The minimum Gasteiger partial charge on any atom is -0.477 e. The van der Waals surface area contributed by atoms with Crippen molar-refractivity contribution >= 4 is 17.8 Å². The second-order valence-electron chi connectivity index (χ2n) is 13.9. The summed E-state index contributed by atoms with van der Waals surface area (Å²) in [5.74, 6) is -7.03. The first-order valence-corrected chi connectivity index (χ1v) is 17.8. The van der Waals surface area contributed by atoms with Crippen LogP contribution in [0.1, 0.15) is 13.3 Å². The lowest BCUT2D eigenvalue weighted by atomic mass is 9.88. The van der Waals surface area contributed by atoms with Gasteiger partial charge in [-0.1, -0.05) is 0 Å². The van der Waals surface area contributed by atoms with E-state index in [0.717, 1.165) is 6.92 Å². The van der Waals surface area contributed by atoms with E-state index in [0.29, 0.717) is 0 Å². The van der Waals surface area contributed by atoms with Gasteiger partial charge in [0.1, 0.15) is 92.1 Å². The third-order valence-electron chi connectivity index (χ3n) is 9.74. The third kappa shape index (κ3) is 11.5. The summed E-state index contributed by atoms with van der Waals surface area (Å²) in [4.78, 5) is 36.5. The number of aliphatic hydroxyl groups excluding tert-OH is 15. The Bertz CT molecular complexity index is 1320. The van der Waals surface area contributed by atoms with Gasteiger partial charge in [0, 0.05) is 13.3 Å². The van der Waals surface area contributed by atoms with Gasteiger partial charge in [-0.05, 0) is 0 Å². The van der Waals surface area contributed by atoms with Crippen LogP contribution in [0.15, 0.2) is 0 Å². The standard InChI is InChI=1S/C31H54N2O25/c1-9(39)32-10(3-34)25(56-29-24(50)22(48)26(15(6-37)55-29)57-28-23(49)21(47)20(46)14(5-36)54-28)19(45)13(42)8-53-31(30(51)52)2-11(40)17(33-16(43)7-38)27(58-31)18(44)12(41)4-35/h10-15,17-29,34-38,40-42,44-50H,2-8H2,1H3,(H,32,39)(H,33,43)(H,51,52)/t10-,11-,12+,13+,14+,15+,17+,18+,19-,20-,21-,22+,23+,24+,25+,26-,27+,28-,29-,31+/m0/s1. The molecule has 0 radical (unpaired) electrons. The average Bonchev–Trinajstić information content (AvgIpc) is 3.20. The molecule has 3 aliphatic rings. The molecule has 20 atom stereocenters. The molecule has 0 aliphatic carbocycles. The van der Waals surface area contributed by atoms with Gasteiger partial charge in [0.05, 0.1) is 51.2 Å². The lowest BCUT2D eigenvalue weighted by molar-refractivity contribution is -0.366. The normalized spacial score (nSPS) is 38.8. The summed E-state index contributed by atoms with van der Waals surface area (Å²) in [6, 6.07) is -3.41. The van der Waals surface area contributed by atoms with Gasteiger partial charge in [-0.15, -0.1) is 0 Å². The zero-order valence-electron chi connectivity index (χ0n) is 30.7. The molecule has 0 aromatic heterocycles. The largest absolute Gasteiger partial charge is 0.477 e. The minimum absolute atomic E-state index is 0.844. The van der Waals surface area contributed by atoms with Crippen molar-refractivity contribution in [2.24, 2.45) is 0 Å². The molecule has 58 heavy (non-hydrogen) atoms. The Balaban J connectivity index is 1.86. The number of carboxylic acid groups (broad SMARTS) is 1.